The van der Waals surface area contributed by atoms with Gasteiger partial charge in [-0.25, -0.2) is 8.78 Å². The lowest BCUT2D eigenvalue weighted by atomic mass is 10.1. The zero-order chi connectivity index (χ0) is 22.0. The van der Waals surface area contributed by atoms with Crippen LogP contribution in [0.15, 0.2) is 42.5 Å². The SMILES string of the molecule is CC=N.CNCCCOc1c2[nH]c3ccc(F)cc3c2cc2c1[nH]c1ccc(F)cc12. The first kappa shape index (κ1) is 20.8. The van der Waals surface area contributed by atoms with E-state index < -0.39 is 0 Å². The smallest absolute Gasteiger partial charge is 0.167 e. The van der Waals surface area contributed by atoms with Gasteiger partial charge in [0, 0.05) is 32.6 Å². The molecule has 0 fully saturated rings. The fourth-order valence-corrected chi connectivity index (χ4v) is 3.86. The summed E-state index contributed by atoms with van der Waals surface area (Å²) in [5, 5.41) is 12.5. The number of rotatable bonds is 5. The van der Waals surface area contributed by atoms with Gasteiger partial charge in [-0.3, -0.25) is 0 Å². The van der Waals surface area contributed by atoms with E-state index in [1.807, 2.05) is 13.1 Å². The predicted molar refractivity (Wildman–Crippen MR) is 124 cm³/mol. The molecular formula is C24H24F2N4O. The maximum atomic E-state index is 13.9. The van der Waals surface area contributed by atoms with Crippen LogP contribution in [0.2, 0.25) is 0 Å². The fourth-order valence-electron chi connectivity index (χ4n) is 3.86. The molecule has 7 heteroatoms. The van der Waals surface area contributed by atoms with Crippen LogP contribution in [-0.2, 0) is 0 Å². The summed E-state index contributed by atoms with van der Waals surface area (Å²) >= 11 is 0. The van der Waals surface area contributed by atoms with Gasteiger partial charge in [-0.2, -0.15) is 0 Å². The number of ether oxygens (including phenoxy) is 1. The van der Waals surface area contributed by atoms with Crippen LogP contribution in [0.5, 0.6) is 5.75 Å². The van der Waals surface area contributed by atoms with Crippen LogP contribution < -0.4 is 10.1 Å². The average molecular weight is 422 g/mol. The maximum absolute atomic E-state index is 13.9. The highest BCUT2D eigenvalue weighted by Gasteiger charge is 2.18. The standard InChI is InChI=1S/C22H19F2N3O.C2H5N/c1-25-7-2-8-28-22-20-16(14-9-12(23)3-5-18(14)26-20)11-17-15-10-13(24)4-6-19(15)27-21(17)22;1-2-3/h3-6,9-11,25-27H,2,7-8H2,1H3;2-3H,1H3. The molecule has 2 heterocycles. The van der Waals surface area contributed by atoms with Gasteiger partial charge in [0.2, 0.25) is 0 Å². The summed E-state index contributed by atoms with van der Waals surface area (Å²) in [5.74, 6) is 0.0849. The van der Waals surface area contributed by atoms with Crippen molar-refractivity contribution in [2.24, 2.45) is 0 Å². The van der Waals surface area contributed by atoms with Crippen molar-refractivity contribution in [3.8, 4) is 5.75 Å². The summed E-state index contributed by atoms with van der Waals surface area (Å²) < 4.78 is 33.9. The van der Waals surface area contributed by atoms with Crippen molar-refractivity contribution >= 4 is 49.8 Å². The second-order valence-corrected chi connectivity index (χ2v) is 7.27. The molecule has 0 amide bonds. The molecule has 0 aliphatic heterocycles. The molecule has 0 saturated carbocycles. The summed E-state index contributed by atoms with van der Waals surface area (Å²) in [7, 11) is 1.90. The first-order valence-corrected chi connectivity index (χ1v) is 10.1. The largest absolute Gasteiger partial charge is 0.489 e. The molecule has 2 aromatic heterocycles. The molecule has 0 saturated heterocycles. The van der Waals surface area contributed by atoms with Crippen molar-refractivity contribution < 1.29 is 13.5 Å². The number of halogens is 2. The normalized spacial score (nSPS) is 11.2. The molecule has 0 aliphatic rings. The van der Waals surface area contributed by atoms with Gasteiger partial charge >= 0.3 is 0 Å². The third kappa shape index (κ3) is 3.84. The van der Waals surface area contributed by atoms with Gasteiger partial charge in [-0.05, 0) is 75.6 Å². The van der Waals surface area contributed by atoms with Gasteiger partial charge in [0.1, 0.15) is 11.6 Å². The summed E-state index contributed by atoms with van der Waals surface area (Å²) in [6.07, 6.45) is 2.10. The van der Waals surface area contributed by atoms with Crippen LogP contribution in [0.4, 0.5) is 8.78 Å². The van der Waals surface area contributed by atoms with Crippen LogP contribution in [0.3, 0.4) is 0 Å². The molecule has 5 rings (SSSR count). The number of benzene rings is 3. The minimum absolute atomic E-state index is 0.296. The lowest BCUT2D eigenvalue weighted by molar-refractivity contribution is 0.316. The maximum Gasteiger partial charge on any atom is 0.167 e. The predicted octanol–water partition coefficient (Wildman–Crippen LogP) is 5.88. The Kier molecular flexibility index (Phi) is 5.86. The Labute approximate surface area is 177 Å². The molecule has 0 radical (unpaired) electrons. The molecule has 0 atom stereocenters. The third-order valence-corrected chi connectivity index (χ3v) is 5.16. The highest BCUT2D eigenvalue weighted by atomic mass is 19.1. The van der Waals surface area contributed by atoms with E-state index in [1.54, 1.807) is 19.1 Å². The topological polar surface area (TPSA) is 76.7 Å². The van der Waals surface area contributed by atoms with E-state index in [4.69, 9.17) is 10.1 Å². The molecule has 31 heavy (non-hydrogen) atoms. The van der Waals surface area contributed by atoms with E-state index in [9.17, 15) is 8.78 Å². The van der Waals surface area contributed by atoms with E-state index in [0.29, 0.717) is 12.4 Å². The Morgan fingerprint density at radius 1 is 0.903 bits per heavy atom. The van der Waals surface area contributed by atoms with Gasteiger partial charge in [0.15, 0.2) is 5.75 Å². The van der Waals surface area contributed by atoms with Crippen LogP contribution >= 0.6 is 0 Å². The van der Waals surface area contributed by atoms with Crippen LogP contribution in [0.25, 0.3) is 43.6 Å². The molecular weight excluding hydrogens is 398 g/mol. The molecule has 3 aromatic carbocycles. The molecule has 4 N–H and O–H groups in total. The summed E-state index contributed by atoms with van der Waals surface area (Å²) in [6.45, 7) is 3.04. The zero-order valence-electron chi connectivity index (χ0n) is 17.4. The van der Waals surface area contributed by atoms with Crippen molar-refractivity contribution in [2.45, 2.75) is 13.3 Å². The van der Waals surface area contributed by atoms with E-state index in [1.165, 1.54) is 30.5 Å². The number of fused-ring (bicyclic) bond motifs is 6. The monoisotopic (exact) mass is 422 g/mol. The number of hydrogen-bond donors (Lipinski definition) is 4. The minimum atomic E-state index is -0.296. The quantitative estimate of drug-likeness (QED) is 0.211. The van der Waals surface area contributed by atoms with Crippen LogP contribution in [-0.4, -0.2) is 36.4 Å². The van der Waals surface area contributed by atoms with E-state index in [-0.39, 0.29) is 11.6 Å². The molecule has 160 valence electrons. The third-order valence-electron chi connectivity index (χ3n) is 5.16. The Morgan fingerprint density at radius 3 is 1.90 bits per heavy atom. The molecule has 5 nitrogen and oxygen atoms in total. The molecule has 0 unspecified atom stereocenters. The van der Waals surface area contributed by atoms with Crippen molar-refractivity contribution in [3.05, 3.63) is 54.1 Å². The van der Waals surface area contributed by atoms with Gasteiger partial charge in [0.05, 0.1) is 17.6 Å². The van der Waals surface area contributed by atoms with E-state index in [2.05, 4.69) is 15.3 Å². The Bertz CT molecular complexity index is 1290. The average Bonchev–Trinajstić information content (AvgIpc) is 3.29. The van der Waals surface area contributed by atoms with Crippen molar-refractivity contribution in [1.82, 2.24) is 15.3 Å². The van der Waals surface area contributed by atoms with E-state index in [0.717, 1.165) is 56.6 Å². The number of aromatic amines is 2. The summed E-state index contributed by atoms with van der Waals surface area (Å²) in [4.78, 5) is 6.72. The lowest BCUT2D eigenvalue weighted by Crippen LogP contribution is -2.11. The minimum Gasteiger partial charge on any atom is -0.489 e. The van der Waals surface area contributed by atoms with Crippen molar-refractivity contribution in [1.29, 1.82) is 5.41 Å². The lowest BCUT2D eigenvalue weighted by Gasteiger charge is -2.09. The van der Waals surface area contributed by atoms with Gasteiger partial charge in [-0.1, -0.05) is 0 Å². The Balaban J connectivity index is 0.000000730. The molecule has 0 spiro atoms. The summed E-state index contributed by atoms with van der Waals surface area (Å²) in [6, 6.07) is 11.3. The molecule has 5 aromatic rings. The Hall–Kier alpha value is -3.45. The van der Waals surface area contributed by atoms with Gasteiger partial charge in [-0.15, -0.1) is 0 Å². The number of H-pyrrole nitrogens is 2. The summed E-state index contributed by atoms with van der Waals surface area (Å²) in [5.41, 5.74) is 3.29. The second kappa shape index (κ2) is 8.73. The number of hydrogen-bond acceptors (Lipinski definition) is 3. The number of nitrogens with one attached hydrogen (secondary N) is 4. The Morgan fingerprint density at radius 2 is 1.42 bits per heavy atom. The highest BCUT2D eigenvalue weighted by molar-refractivity contribution is 6.20. The molecule has 0 aliphatic carbocycles. The first-order valence-electron chi connectivity index (χ1n) is 10.1. The fraction of sp³-hybridized carbons (Fsp3) is 0.208. The van der Waals surface area contributed by atoms with Gasteiger partial charge in [0.25, 0.3) is 0 Å². The second-order valence-electron chi connectivity index (χ2n) is 7.27. The van der Waals surface area contributed by atoms with Crippen molar-refractivity contribution in [2.75, 3.05) is 20.2 Å². The zero-order valence-corrected chi connectivity index (χ0v) is 17.4. The van der Waals surface area contributed by atoms with E-state index >= 15 is 0 Å². The molecule has 0 bridgehead atoms. The highest BCUT2D eigenvalue weighted by Crippen LogP contribution is 2.41. The van der Waals surface area contributed by atoms with Crippen LogP contribution in [0, 0.1) is 17.0 Å². The number of aromatic nitrogens is 2. The van der Waals surface area contributed by atoms with Gasteiger partial charge < -0.3 is 25.4 Å². The first-order chi connectivity index (χ1) is 15.1. The van der Waals surface area contributed by atoms with Crippen LogP contribution in [0.1, 0.15) is 13.3 Å². The van der Waals surface area contributed by atoms with Crippen molar-refractivity contribution in [3.63, 3.8) is 0 Å².